The summed E-state index contributed by atoms with van der Waals surface area (Å²) in [6, 6.07) is -0.258. The SMILES string of the molecule is C=CC(=O)NC(C=C)CN(C)c1cnc2[nH]cc(C(=O)NC(C)C)c2n1. The van der Waals surface area contributed by atoms with Crippen LogP contribution in [0.5, 0.6) is 0 Å². The van der Waals surface area contributed by atoms with Crippen molar-refractivity contribution in [3.05, 3.63) is 43.3 Å². The summed E-state index contributed by atoms with van der Waals surface area (Å²) < 4.78 is 0. The maximum absolute atomic E-state index is 12.3. The number of carbonyl (C=O) groups is 2. The van der Waals surface area contributed by atoms with Gasteiger partial charge in [0, 0.05) is 25.8 Å². The van der Waals surface area contributed by atoms with Gasteiger partial charge in [0.15, 0.2) is 5.65 Å². The van der Waals surface area contributed by atoms with Crippen LogP contribution >= 0.6 is 0 Å². The van der Waals surface area contributed by atoms with Crippen LogP contribution < -0.4 is 15.5 Å². The Hall–Kier alpha value is -3.16. The topological polar surface area (TPSA) is 103 Å². The molecule has 2 aromatic rings. The summed E-state index contributed by atoms with van der Waals surface area (Å²) >= 11 is 0. The molecule has 0 spiro atoms. The summed E-state index contributed by atoms with van der Waals surface area (Å²) in [5.74, 6) is 0.0982. The van der Waals surface area contributed by atoms with Crippen molar-refractivity contribution < 1.29 is 9.59 Å². The van der Waals surface area contributed by atoms with Crippen LogP contribution in [0.3, 0.4) is 0 Å². The van der Waals surface area contributed by atoms with Gasteiger partial charge in [-0.2, -0.15) is 0 Å². The number of hydrogen-bond acceptors (Lipinski definition) is 5. The van der Waals surface area contributed by atoms with E-state index in [1.54, 1.807) is 18.5 Å². The summed E-state index contributed by atoms with van der Waals surface area (Å²) in [5.41, 5.74) is 1.48. The van der Waals surface area contributed by atoms with E-state index in [9.17, 15) is 9.59 Å². The molecule has 0 aliphatic carbocycles. The van der Waals surface area contributed by atoms with E-state index in [2.05, 4.69) is 38.7 Å². The third-order valence-electron chi connectivity index (χ3n) is 3.69. The first-order valence-corrected chi connectivity index (χ1v) is 8.27. The van der Waals surface area contributed by atoms with Gasteiger partial charge in [-0.15, -0.1) is 6.58 Å². The molecule has 1 atom stereocenters. The van der Waals surface area contributed by atoms with Gasteiger partial charge < -0.3 is 20.5 Å². The fourth-order valence-corrected chi connectivity index (χ4v) is 2.39. The lowest BCUT2D eigenvalue weighted by Crippen LogP contribution is -2.41. The van der Waals surface area contributed by atoms with Crippen LogP contribution in [0.25, 0.3) is 11.2 Å². The van der Waals surface area contributed by atoms with Gasteiger partial charge in [-0.25, -0.2) is 9.97 Å². The minimum Gasteiger partial charge on any atom is -0.356 e. The molecule has 3 N–H and O–H groups in total. The molecule has 0 aliphatic heterocycles. The Morgan fingerprint density at radius 2 is 2.08 bits per heavy atom. The molecule has 2 rings (SSSR count). The molecular formula is C18H24N6O2. The molecule has 138 valence electrons. The Balaban J connectivity index is 2.23. The number of aromatic nitrogens is 3. The van der Waals surface area contributed by atoms with Gasteiger partial charge in [0.25, 0.3) is 5.91 Å². The first-order chi connectivity index (χ1) is 12.3. The zero-order valence-corrected chi connectivity index (χ0v) is 15.2. The number of carbonyl (C=O) groups excluding carboxylic acids is 2. The van der Waals surface area contributed by atoms with Crippen molar-refractivity contribution in [3.63, 3.8) is 0 Å². The molecule has 26 heavy (non-hydrogen) atoms. The van der Waals surface area contributed by atoms with Crippen molar-refractivity contribution in [1.29, 1.82) is 0 Å². The van der Waals surface area contributed by atoms with E-state index < -0.39 is 0 Å². The Kier molecular flexibility index (Phi) is 6.11. The van der Waals surface area contributed by atoms with E-state index in [0.717, 1.165) is 0 Å². The van der Waals surface area contributed by atoms with E-state index in [-0.39, 0.29) is 23.9 Å². The van der Waals surface area contributed by atoms with Crippen LogP contribution in [-0.2, 0) is 4.79 Å². The van der Waals surface area contributed by atoms with E-state index in [4.69, 9.17) is 0 Å². The van der Waals surface area contributed by atoms with E-state index >= 15 is 0 Å². The van der Waals surface area contributed by atoms with Crippen LogP contribution in [0.1, 0.15) is 24.2 Å². The third kappa shape index (κ3) is 4.47. The van der Waals surface area contributed by atoms with Gasteiger partial charge in [-0.3, -0.25) is 9.59 Å². The van der Waals surface area contributed by atoms with Gasteiger partial charge in [-0.1, -0.05) is 12.7 Å². The summed E-state index contributed by atoms with van der Waals surface area (Å²) in [7, 11) is 1.83. The van der Waals surface area contributed by atoms with Crippen molar-refractivity contribution in [1.82, 2.24) is 25.6 Å². The maximum Gasteiger partial charge on any atom is 0.255 e. The lowest BCUT2D eigenvalue weighted by atomic mass is 10.2. The van der Waals surface area contributed by atoms with E-state index in [1.807, 2.05) is 25.8 Å². The van der Waals surface area contributed by atoms with Gasteiger partial charge in [0.05, 0.1) is 17.8 Å². The Morgan fingerprint density at radius 3 is 2.69 bits per heavy atom. The lowest BCUT2D eigenvalue weighted by molar-refractivity contribution is -0.116. The number of H-pyrrole nitrogens is 1. The zero-order chi connectivity index (χ0) is 19.3. The highest BCUT2D eigenvalue weighted by molar-refractivity contribution is 6.04. The van der Waals surface area contributed by atoms with Crippen LogP contribution in [0.15, 0.2) is 37.7 Å². The lowest BCUT2D eigenvalue weighted by Gasteiger charge is -2.23. The molecule has 8 nitrogen and oxygen atoms in total. The second-order valence-corrected chi connectivity index (χ2v) is 6.19. The predicted octanol–water partition coefficient (Wildman–Crippen LogP) is 1.39. The van der Waals surface area contributed by atoms with Crippen molar-refractivity contribution in [2.75, 3.05) is 18.5 Å². The average molecular weight is 356 g/mol. The van der Waals surface area contributed by atoms with E-state index in [1.165, 1.54) is 6.08 Å². The monoisotopic (exact) mass is 356 g/mol. The molecule has 0 saturated heterocycles. The number of hydrogen-bond donors (Lipinski definition) is 3. The predicted molar refractivity (Wildman–Crippen MR) is 102 cm³/mol. The largest absolute Gasteiger partial charge is 0.356 e. The molecule has 0 aliphatic rings. The van der Waals surface area contributed by atoms with Gasteiger partial charge >= 0.3 is 0 Å². The first-order valence-electron chi connectivity index (χ1n) is 8.27. The number of amides is 2. The number of nitrogens with one attached hydrogen (secondary N) is 3. The Morgan fingerprint density at radius 1 is 1.35 bits per heavy atom. The minimum atomic E-state index is -0.280. The summed E-state index contributed by atoms with van der Waals surface area (Å²) in [5, 5.41) is 5.61. The average Bonchev–Trinajstić information content (AvgIpc) is 3.03. The van der Waals surface area contributed by atoms with Crippen molar-refractivity contribution in [3.8, 4) is 0 Å². The van der Waals surface area contributed by atoms with Crippen LogP contribution in [0.4, 0.5) is 5.82 Å². The quantitative estimate of drug-likeness (QED) is 0.490. The van der Waals surface area contributed by atoms with Gasteiger partial charge in [-0.05, 0) is 19.9 Å². The molecule has 0 radical (unpaired) electrons. The molecule has 8 heteroatoms. The van der Waals surface area contributed by atoms with Crippen LogP contribution in [0.2, 0.25) is 0 Å². The number of likely N-dealkylation sites (N-methyl/N-ethyl adjacent to an activating group) is 1. The smallest absolute Gasteiger partial charge is 0.255 e. The number of nitrogens with zero attached hydrogens (tertiary/aromatic N) is 3. The van der Waals surface area contributed by atoms with Gasteiger partial charge in [0.1, 0.15) is 11.3 Å². The second kappa shape index (κ2) is 8.28. The first kappa shape index (κ1) is 19.2. The zero-order valence-electron chi connectivity index (χ0n) is 15.2. The molecular weight excluding hydrogens is 332 g/mol. The highest BCUT2D eigenvalue weighted by Crippen LogP contribution is 2.18. The fraction of sp³-hybridized carbons (Fsp3) is 0.333. The summed E-state index contributed by atoms with van der Waals surface area (Å²) in [4.78, 5) is 37.5. The van der Waals surface area contributed by atoms with Gasteiger partial charge in [0.2, 0.25) is 5.91 Å². The Labute approximate surface area is 152 Å². The minimum absolute atomic E-state index is 0.0214. The normalized spacial score (nSPS) is 11.8. The molecule has 0 fully saturated rings. The molecule has 2 aromatic heterocycles. The number of fused-ring (bicyclic) bond motifs is 1. The number of anilines is 1. The highest BCUT2D eigenvalue weighted by Gasteiger charge is 2.17. The molecule has 1 unspecified atom stereocenters. The second-order valence-electron chi connectivity index (χ2n) is 6.19. The Bertz CT molecular complexity index is 826. The molecule has 2 amide bonds. The fourth-order valence-electron chi connectivity index (χ4n) is 2.39. The van der Waals surface area contributed by atoms with Crippen molar-refractivity contribution in [2.45, 2.75) is 25.9 Å². The molecule has 0 bridgehead atoms. The molecule has 2 heterocycles. The van der Waals surface area contributed by atoms with Crippen LogP contribution in [0, 0.1) is 0 Å². The number of aromatic amines is 1. The molecule has 0 saturated carbocycles. The van der Waals surface area contributed by atoms with Crippen LogP contribution in [-0.4, -0.2) is 52.4 Å². The maximum atomic E-state index is 12.3. The summed E-state index contributed by atoms with van der Waals surface area (Å²) in [6.45, 7) is 11.4. The van der Waals surface area contributed by atoms with Crippen molar-refractivity contribution >= 4 is 28.8 Å². The third-order valence-corrected chi connectivity index (χ3v) is 3.69. The number of rotatable bonds is 8. The standard InChI is InChI=1S/C18H24N6O2/c1-6-12(22-15(25)7-2)10-24(5)14-9-20-17-16(23-14)13(8-19-17)18(26)21-11(3)4/h6-9,11-12H,1-2,10H2,3-5H3,(H,19,20)(H,21,26)(H,22,25). The molecule has 0 aromatic carbocycles. The highest BCUT2D eigenvalue weighted by atomic mass is 16.2. The van der Waals surface area contributed by atoms with E-state index in [0.29, 0.717) is 29.1 Å². The van der Waals surface area contributed by atoms with Crippen molar-refractivity contribution in [2.24, 2.45) is 0 Å². The summed E-state index contributed by atoms with van der Waals surface area (Å²) in [6.07, 6.45) is 6.06.